The summed E-state index contributed by atoms with van der Waals surface area (Å²) in [5.41, 5.74) is 0. The predicted octanol–water partition coefficient (Wildman–Crippen LogP) is 2.55. The van der Waals surface area contributed by atoms with Gasteiger partial charge in [-0.05, 0) is 19.3 Å². The monoisotopic (exact) mass is 252 g/mol. The predicted molar refractivity (Wildman–Crippen MR) is 51.6 cm³/mol. The third-order valence-corrected chi connectivity index (χ3v) is 2.73. The molecule has 58 valence electrons. The smallest absolute Gasteiger partial charge is 0.0610 e. The summed E-state index contributed by atoms with van der Waals surface area (Å²) in [6, 6.07) is 0. The third-order valence-electron chi connectivity index (χ3n) is 1.74. The molecule has 1 heterocycles. The molecule has 1 nitrogen and oxygen atoms in total. The van der Waals surface area contributed by atoms with Crippen LogP contribution in [0.25, 0.3) is 0 Å². The van der Waals surface area contributed by atoms with Gasteiger partial charge < -0.3 is 4.74 Å². The summed E-state index contributed by atoms with van der Waals surface area (Å²) in [5.74, 6) is 0. The van der Waals surface area contributed by atoms with Crippen molar-refractivity contribution in [3.63, 3.8) is 0 Å². The minimum Gasteiger partial charge on any atom is -0.377 e. The molecule has 1 fully saturated rings. The highest BCUT2D eigenvalue weighted by Gasteiger charge is 2.17. The summed E-state index contributed by atoms with van der Waals surface area (Å²) in [7, 11) is 0. The van der Waals surface area contributed by atoms with Crippen molar-refractivity contribution in [2.45, 2.75) is 29.3 Å². The maximum atomic E-state index is 5.55. The Morgan fingerprint density at radius 1 is 1.60 bits per heavy atom. The van der Waals surface area contributed by atoms with Crippen molar-refractivity contribution in [2.24, 2.45) is 0 Å². The summed E-state index contributed by atoms with van der Waals surface area (Å²) in [6.45, 7) is 4.62. The Kier molecular flexibility index (Phi) is 3.70. The molecule has 1 aliphatic rings. The number of halogens is 1. The Labute approximate surface area is 76.0 Å². The molecular formula is C8H13IO. The topological polar surface area (TPSA) is 9.23 Å². The summed E-state index contributed by atoms with van der Waals surface area (Å²) < 4.78 is 6.29. The second-order valence-corrected chi connectivity index (χ2v) is 4.42. The summed E-state index contributed by atoms with van der Waals surface area (Å²) >= 11 is 2.44. The van der Waals surface area contributed by atoms with Crippen LogP contribution in [0.2, 0.25) is 0 Å². The van der Waals surface area contributed by atoms with Crippen LogP contribution in [0.15, 0.2) is 12.7 Å². The van der Waals surface area contributed by atoms with Gasteiger partial charge in [-0.3, -0.25) is 0 Å². The van der Waals surface area contributed by atoms with E-state index in [4.69, 9.17) is 4.74 Å². The lowest BCUT2D eigenvalue weighted by atomic mass is 10.1. The van der Waals surface area contributed by atoms with E-state index >= 15 is 0 Å². The van der Waals surface area contributed by atoms with Crippen LogP contribution < -0.4 is 0 Å². The van der Waals surface area contributed by atoms with E-state index in [1.54, 1.807) is 0 Å². The largest absolute Gasteiger partial charge is 0.377 e. The lowest BCUT2D eigenvalue weighted by Crippen LogP contribution is -2.25. The van der Waals surface area contributed by atoms with E-state index < -0.39 is 0 Å². The third kappa shape index (κ3) is 2.58. The lowest BCUT2D eigenvalue weighted by molar-refractivity contribution is 0.0249. The zero-order valence-corrected chi connectivity index (χ0v) is 8.21. The highest BCUT2D eigenvalue weighted by Crippen LogP contribution is 2.21. The van der Waals surface area contributed by atoms with Crippen molar-refractivity contribution < 1.29 is 4.74 Å². The molecule has 0 aromatic heterocycles. The van der Waals surface area contributed by atoms with Crippen LogP contribution in [0.4, 0.5) is 0 Å². The molecule has 0 aromatic carbocycles. The fourth-order valence-corrected chi connectivity index (χ4v) is 1.71. The van der Waals surface area contributed by atoms with Crippen LogP contribution >= 0.6 is 22.6 Å². The molecule has 0 bridgehead atoms. The maximum absolute atomic E-state index is 5.55. The lowest BCUT2D eigenvalue weighted by Gasteiger charge is -2.24. The van der Waals surface area contributed by atoms with Gasteiger partial charge in [0.25, 0.3) is 0 Å². The van der Waals surface area contributed by atoms with Crippen molar-refractivity contribution >= 4 is 22.6 Å². The molecule has 0 spiro atoms. The van der Waals surface area contributed by atoms with Gasteiger partial charge in [0.2, 0.25) is 0 Å². The Bertz CT molecular complexity index is 106. The molecule has 0 radical (unpaired) electrons. The molecule has 0 N–H and O–H groups in total. The van der Waals surface area contributed by atoms with E-state index in [2.05, 4.69) is 29.2 Å². The molecule has 2 atom stereocenters. The van der Waals surface area contributed by atoms with Crippen molar-refractivity contribution in [3.8, 4) is 0 Å². The van der Waals surface area contributed by atoms with Crippen LogP contribution in [0, 0.1) is 0 Å². The quantitative estimate of drug-likeness (QED) is 0.417. The maximum Gasteiger partial charge on any atom is 0.0610 e. The van der Waals surface area contributed by atoms with E-state index in [0.29, 0.717) is 6.10 Å². The molecule has 1 saturated heterocycles. The van der Waals surface area contributed by atoms with E-state index in [9.17, 15) is 0 Å². The van der Waals surface area contributed by atoms with Crippen molar-refractivity contribution in [2.75, 3.05) is 6.61 Å². The van der Waals surface area contributed by atoms with Crippen LogP contribution in [0.3, 0.4) is 0 Å². The second kappa shape index (κ2) is 4.34. The number of alkyl halides is 1. The van der Waals surface area contributed by atoms with E-state index in [1.807, 2.05) is 6.08 Å². The van der Waals surface area contributed by atoms with Crippen LogP contribution in [0.1, 0.15) is 19.3 Å². The standard InChI is InChI=1S/C8H13IO/c1-2-3-8-5-4-7(9)6-10-8/h2,7-8H,1,3-6H2/t7-,8+/m1/s1. The Morgan fingerprint density at radius 2 is 2.40 bits per heavy atom. The van der Waals surface area contributed by atoms with E-state index in [0.717, 1.165) is 17.0 Å². The average Bonchev–Trinajstić information content (AvgIpc) is 1.95. The molecule has 2 heteroatoms. The minimum atomic E-state index is 0.462. The zero-order valence-electron chi connectivity index (χ0n) is 6.05. The highest BCUT2D eigenvalue weighted by atomic mass is 127. The number of ether oxygens (including phenoxy) is 1. The fraction of sp³-hybridized carbons (Fsp3) is 0.750. The molecule has 10 heavy (non-hydrogen) atoms. The summed E-state index contributed by atoms with van der Waals surface area (Å²) in [5, 5.41) is 0. The first-order valence-corrected chi connectivity index (χ1v) is 4.94. The van der Waals surface area contributed by atoms with Gasteiger partial charge >= 0.3 is 0 Å². The molecule has 1 aliphatic heterocycles. The van der Waals surface area contributed by atoms with Crippen molar-refractivity contribution in [1.82, 2.24) is 0 Å². The second-order valence-electron chi connectivity index (χ2n) is 2.65. The molecule has 0 aliphatic carbocycles. The fourth-order valence-electron chi connectivity index (χ4n) is 1.15. The van der Waals surface area contributed by atoms with Gasteiger partial charge in [-0.1, -0.05) is 28.7 Å². The number of hydrogen-bond acceptors (Lipinski definition) is 1. The molecule has 0 amide bonds. The van der Waals surface area contributed by atoms with Crippen LogP contribution in [-0.2, 0) is 4.74 Å². The highest BCUT2D eigenvalue weighted by molar-refractivity contribution is 14.1. The summed E-state index contributed by atoms with van der Waals surface area (Å²) in [4.78, 5) is 0. The van der Waals surface area contributed by atoms with Crippen LogP contribution in [0.5, 0.6) is 0 Å². The molecule has 0 unspecified atom stereocenters. The number of hydrogen-bond donors (Lipinski definition) is 0. The molecule has 0 saturated carbocycles. The van der Waals surface area contributed by atoms with Gasteiger partial charge in [0, 0.05) is 3.92 Å². The van der Waals surface area contributed by atoms with Gasteiger partial charge in [0.05, 0.1) is 12.7 Å². The van der Waals surface area contributed by atoms with E-state index in [-0.39, 0.29) is 0 Å². The van der Waals surface area contributed by atoms with Gasteiger partial charge in [0.15, 0.2) is 0 Å². The molecule has 0 aromatic rings. The van der Waals surface area contributed by atoms with Gasteiger partial charge in [-0.2, -0.15) is 0 Å². The summed E-state index contributed by atoms with van der Waals surface area (Å²) in [6.07, 6.45) is 5.93. The number of rotatable bonds is 2. The van der Waals surface area contributed by atoms with Gasteiger partial charge in [-0.25, -0.2) is 0 Å². The zero-order chi connectivity index (χ0) is 7.40. The Morgan fingerprint density at radius 3 is 2.90 bits per heavy atom. The normalized spacial score (nSPS) is 33.7. The minimum absolute atomic E-state index is 0.462. The average molecular weight is 252 g/mol. The van der Waals surface area contributed by atoms with Crippen molar-refractivity contribution in [3.05, 3.63) is 12.7 Å². The molecular weight excluding hydrogens is 239 g/mol. The Balaban J connectivity index is 2.19. The first-order valence-electron chi connectivity index (χ1n) is 3.69. The van der Waals surface area contributed by atoms with E-state index in [1.165, 1.54) is 12.8 Å². The van der Waals surface area contributed by atoms with Gasteiger partial charge in [0.1, 0.15) is 0 Å². The SMILES string of the molecule is C=CC[C@H]1CC[C@@H](I)CO1. The van der Waals surface area contributed by atoms with Gasteiger partial charge in [-0.15, -0.1) is 6.58 Å². The molecule has 1 rings (SSSR count). The Hall–Kier alpha value is 0.430. The van der Waals surface area contributed by atoms with Crippen LogP contribution in [-0.4, -0.2) is 16.6 Å². The first-order chi connectivity index (χ1) is 4.83. The first kappa shape index (κ1) is 8.53. The van der Waals surface area contributed by atoms with Crippen molar-refractivity contribution in [1.29, 1.82) is 0 Å².